The minimum atomic E-state index is -0.412. The van der Waals surface area contributed by atoms with Gasteiger partial charge in [0.25, 0.3) is 0 Å². The summed E-state index contributed by atoms with van der Waals surface area (Å²) < 4.78 is 0. The third-order valence-corrected chi connectivity index (χ3v) is 4.13. The Morgan fingerprint density at radius 1 is 0.852 bits per heavy atom. The predicted molar refractivity (Wildman–Crippen MR) is 105 cm³/mol. The van der Waals surface area contributed by atoms with E-state index in [1.807, 2.05) is 18.2 Å². The number of para-hydroxylation sites is 2. The molecule has 0 aliphatic rings. The number of rotatable bonds is 4. The van der Waals surface area contributed by atoms with Crippen LogP contribution in [0.25, 0.3) is 11.0 Å². The molecular weight excluding hydrogens is 340 g/mol. The van der Waals surface area contributed by atoms with Crippen LogP contribution < -0.4 is 10.6 Å². The number of H-pyrrole nitrogens is 1. The van der Waals surface area contributed by atoms with Crippen molar-refractivity contribution in [3.05, 3.63) is 90.3 Å². The lowest BCUT2D eigenvalue weighted by molar-refractivity contribution is 0.103. The van der Waals surface area contributed by atoms with Crippen molar-refractivity contribution in [2.45, 2.75) is 0 Å². The largest absolute Gasteiger partial charge is 0.345 e. The van der Waals surface area contributed by atoms with E-state index in [2.05, 4.69) is 20.6 Å². The monoisotopic (exact) mass is 356 g/mol. The van der Waals surface area contributed by atoms with Crippen LogP contribution in [0.5, 0.6) is 0 Å². The first-order valence-corrected chi connectivity index (χ1v) is 8.40. The van der Waals surface area contributed by atoms with Crippen molar-refractivity contribution < 1.29 is 9.59 Å². The fourth-order valence-corrected chi connectivity index (χ4v) is 2.83. The van der Waals surface area contributed by atoms with Crippen LogP contribution in [0.1, 0.15) is 15.9 Å². The van der Waals surface area contributed by atoms with E-state index in [1.165, 1.54) is 0 Å². The molecule has 0 saturated heterocycles. The number of amides is 2. The van der Waals surface area contributed by atoms with Crippen molar-refractivity contribution in [2.75, 3.05) is 10.6 Å². The van der Waals surface area contributed by atoms with Gasteiger partial charge in [0.1, 0.15) is 0 Å². The molecule has 0 spiro atoms. The zero-order chi connectivity index (χ0) is 18.6. The van der Waals surface area contributed by atoms with Gasteiger partial charge < -0.3 is 15.6 Å². The van der Waals surface area contributed by atoms with Crippen molar-refractivity contribution in [1.82, 2.24) is 9.97 Å². The number of aromatic amines is 1. The van der Waals surface area contributed by atoms with Crippen molar-refractivity contribution in [3.8, 4) is 0 Å². The number of nitrogens with zero attached hydrogens (tertiary/aromatic N) is 1. The Balaban J connectivity index is 1.58. The average Bonchev–Trinajstić information content (AvgIpc) is 3.16. The number of fused-ring (bicyclic) bond motifs is 1. The summed E-state index contributed by atoms with van der Waals surface area (Å²) in [4.78, 5) is 32.4. The van der Waals surface area contributed by atoms with Crippen molar-refractivity contribution in [1.29, 1.82) is 0 Å². The molecule has 3 aromatic carbocycles. The Morgan fingerprint density at radius 2 is 1.63 bits per heavy atom. The van der Waals surface area contributed by atoms with E-state index in [-0.39, 0.29) is 5.78 Å². The molecule has 4 aromatic rings. The van der Waals surface area contributed by atoms with Crippen LogP contribution in [0.15, 0.2) is 79.1 Å². The lowest BCUT2D eigenvalue weighted by Gasteiger charge is -2.11. The molecule has 132 valence electrons. The number of aromatic nitrogens is 2. The summed E-state index contributed by atoms with van der Waals surface area (Å²) in [6, 6.07) is 20.9. The number of carbonyl (C=O) groups excluding carboxylic acids is 2. The maximum atomic E-state index is 13.0. The first-order chi connectivity index (χ1) is 13.2. The first kappa shape index (κ1) is 16.5. The Labute approximate surface area is 155 Å². The fraction of sp³-hybridized carbons (Fsp3) is 0. The number of nitrogens with one attached hydrogen (secondary N) is 3. The second-order valence-electron chi connectivity index (χ2n) is 5.95. The van der Waals surface area contributed by atoms with Crippen LogP contribution in [0, 0.1) is 0 Å². The molecule has 27 heavy (non-hydrogen) atoms. The molecule has 2 amide bonds. The van der Waals surface area contributed by atoms with Crippen molar-refractivity contribution >= 4 is 34.2 Å². The number of hydrogen-bond donors (Lipinski definition) is 3. The van der Waals surface area contributed by atoms with Gasteiger partial charge in [-0.15, -0.1) is 0 Å². The summed E-state index contributed by atoms with van der Waals surface area (Å²) in [6.45, 7) is 0. The van der Waals surface area contributed by atoms with Gasteiger partial charge in [0, 0.05) is 16.8 Å². The Bertz CT molecular complexity index is 1120. The van der Waals surface area contributed by atoms with Gasteiger partial charge in [-0.25, -0.2) is 9.78 Å². The van der Waals surface area contributed by atoms with Crippen LogP contribution >= 0.6 is 0 Å². The summed E-state index contributed by atoms with van der Waals surface area (Å²) in [7, 11) is 0. The van der Waals surface area contributed by atoms with Gasteiger partial charge in [0.2, 0.25) is 0 Å². The molecule has 0 saturated carbocycles. The molecule has 0 aliphatic carbocycles. The van der Waals surface area contributed by atoms with Gasteiger partial charge in [-0.3, -0.25) is 4.79 Å². The highest BCUT2D eigenvalue weighted by atomic mass is 16.2. The molecule has 0 aliphatic heterocycles. The quantitative estimate of drug-likeness (QED) is 0.473. The molecule has 0 fully saturated rings. The standard InChI is InChI=1S/C21H16N4O2/c26-20(14-10-11-18-19(12-14)23-13-22-18)16-8-4-5-9-17(16)25-21(27)24-15-6-2-1-3-7-15/h1-13H,(H,22,23)(H2,24,25,27). The lowest BCUT2D eigenvalue weighted by atomic mass is 10.0. The minimum absolute atomic E-state index is 0.179. The topological polar surface area (TPSA) is 86.9 Å². The maximum absolute atomic E-state index is 13.0. The van der Waals surface area contributed by atoms with E-state index in [9.17, 15) is 9.59 Å². The van der Waals surface area contributed by atoms with Crippen LogP contribution in [0.3, 0.4) is 0 Å². The maximum Gasteiger partial charge on any atom is 0.323 e. The fourth-order valence-electron chi connectivity index (χ4n) is 2.83. The number of anilines is 2. The van der Waals surface area contributed by atoms with Gasteiger partial charge in [-0.05, 0) is 42.5 Å². The third-order valence-electron chi connectivity index (χ3n) is 4.13. The molecular formula is C21H16N4O2. The second kappa shape index (κ2) is 7.13. The molecule has 4 rings (SSSR count). The van der Waals surface area contributed by atoms with E-state index < -0.39 is 6.03 Å². The number of ketones is 1. The Hall–Kier alpha value is -3.93. The number of imidazole rings is 1. The van der Waals surface area contributed by atoms with Crippen molar-refractivity contribution in [2.24, 2.45) is 0 Å². The molecule has 1 heterocycles. The molecule has 6 heteroatoms. The summed E-state index contributed by atoms with van der Waals surface area (Å²) in [5.74, 6) is -0.179. The number of benzene rings is 3. The predicted octanol–water partition coefficient (Wildman–Crippen LogP) is 4.44. The van der Waals surface area contributed by atoms with E-state index >= 15 is 0 Å². The van der Waals surface area contributed by atoms with Crippen LogP contribution in [0.2, 0.25) is 0 Å². The minimum Gasteiger partial charge on any atom is -0.345 e. The second-order valence-corrected chi connectivity index (χ2v) is 5.95. The normalized spacial score (nSPS) is 10.5. The average molecular weight is 356 g/mol. The van der Waals surface area contributed by atoms with E-state index in [1.54, 1.807) is 60.9 Å². The van der Waals surface area contributed by atoms with E-state index in [0.717, 1.165) is 11.0 Å². The Kier molecular flexibility index (Phi) is 4.37. The molecule has 0 radical (unpaired) electrons. The van der Waals surface area contributed by atoms with Crippen molar-refractivity contribution in [3.63, 3.8) is 0 Å². The molecule has 6 nitrogen and oxygen atoms in total. The number of hydrogen-bond acceptors (Lipinski definition) is 3. The lowest BCUT2D eigenvalue weighted by Crippen LogP contribution is -2.21. The highest BCUT2D eigenvalue weighted by molar-refractivity contribution is 6.15. The summed E-state index contributed by atoms with van der Waals surface area (Å²) >= 11 is 0. The summed E-state index contributed by atoms with van der Waals surface area (Å²) in [6.07, 6.45) is 1.59. The highest BCUT2D eigenvalue weighted by Gasteiger charge is 2.16. The zero-order valence-electron chi connectivity index (χ0n) is 14.3. The van der Waals surface area contributed by atoms with Gasteiger partial charge >= 0.3 is 6.03 Å². The molecule has 0 bridgehead atoms. The van der Waals surface area contributed by atoms with Gasteiger partial charge in [-0.2, -0.15) is 0 Å². The third kappa shape index (κ3) is 3.55. The van der Waals surface area contributed by atoms with E-state index in [4.69, 9.17) is 0 Å². The SMILES string of the molecule is O=C(Nc1ccccc1)Nc1ccccc1C(=O)c1ccc2nc[nH]c2c1. The number of carbonyl (C=O) groups is 2. The van der Waals surface area contributed by atoms with Gasteiger partial charge in [-0.1, -0.05) is 30.3 Å². The van der Waals surface area contributed by atoms with Crippen LogP contribution in [-0.2, 0) is 0 Å². The number of urea groups is 1. The van der Waals surface area contributed by atoms with Crippen LogP contribution in [-0.4, -0.2) is 21.8 Å². The van der Waals surface area contributed by atoms with Crippen LogP contribution in [0.4, 0.5) is 16.2 Å². The first-order valence-electron chi connectivity index (χ1n) is 8.40. The smallest absolute Gasteiger partial charge is 0.323 e. The molecule has 1 aromatic heterocycles. The summed E-state index contributed by atoms with van der Waals surface area (Å²) in [5.41, 5.74) is 3.63. The molecule has 0 unspecified atom stereocenters. The highest BCUT2D eigenvalue weighted by Crippen LogP contribution is 2.21. The Morgan fingerprint density at radius 3 is 2.48 bits per heavy atom. The van der Waals surface area contributed by atoms with Gasteiger partial charge in [0.05, 0.1) is 23.0 Å². The molecule has 0 atom stereocenters. The zero-order valence-corrected chi connectivity index (χ0v) is 14.3. The molecule has 3 N–H and O–H groups in total. The van der Waals surface area contributed by atoms with E-state index in [0.29, 0.717) is 22.5 Å². The summed E-state index contributed by atoms with van der Waals surface area (Å²) in [5, 5.41) is 5.49. The van der Waals surface area contributed by atoms with Gasteiger partial charge in [0.15, 0.2) is 5.78 Å².